The van der Waals surface area contributed by atoms with Crippen molar-refractivity contribution in [2.45, 2.75) is 38.1 Å². The molecule has 1 aromatic carbocycles. The lowest BCUT2D eigenvalue weighted by Gasteiger charge is -2.41. The predicted molar refractivity (Wildman–Crippen MR) is 77.2 cm³/mol. The predicted octanol–water partition coefficient (Wildman–Crippen LogP) is 3.77. The highest BCUT2D eigenvalue weighted by atomic mass is 79.9. The van der Waals surface area contributed by atoms with Gasteiger partial charge in [0.2, 0.25) is 0 Å². The lowest BCUT2D eigenvalue weighted by molar-refractivity contribution is 0.264. The molecule has 1 aromatic rings. The van der Waals surface area contributed by atoms with E-state index >= 15 is 0 Å². The molecule has 0 bridgehead atoms. The molecular formula is C14H21BrN2. The van der Waals surface area contributed by atoms with Crippen molar-refractivity contribution < 1.29 is 0 Å². The van der Waals surface area contributed by atoms with Crippen LogP contribution in [0.3, 0.4) is 0 Å². The van der Waals surface area contributed by atoms with Crippen molar-refractivity contribution >= 4 is 21.6 Å². The zero-order valence-electron chi connectivity index (χ0n) is 10.4. The van der Waals surface area contributed by atoms with Crippen molar-refractivity contribution in [3.63, 3.8) is 0 Å². The molecule has 2 rings (SSSR count). The normalized spacial score (nSPS) is 29.0. The maximum atomic E-state index is 6.02. The van der Waals surface area contributed by atoms with Crippen LogP contribution in [-0.4, -0.2) is 12.1 Å². The van der Waals surface area contributed by atoms with Crippen molar-refractivity contribution in [1.29, 1.82) is 0 Å². The highest BCUT2D eigenvalue weighted by molar-refractivity contribution is 9.10. The second-order valence-corrected chi connectivity index (χ2v) is 6.15. The van der Waals surface area contributed by atoms with Crippen molar-refractivity contribution in [3.05, 3.63) is 28.7 Å². The third-order valence-corrected chi connectivity index (χ3v) is 4.45. The van der Waals surface area contributed by atoms with Crippen LogP contribution < -0.4 is 11.1 Å². The van der Waals surface area contributed by atoms with E-state index in [9.17, 15) is 0 Å². The Morgan fingerprint density at radius 1 is 1.47 bits per heavy atom. The lowest BCUT2D eigenvalue weighted by Crippen LogP contribution is -2.48. The highest BCUT2D eigenvalue weighted by Gasteiger charge is 2.33. The van der Waals surface area contributed by atoms with Crippen LogP contribution in [0.5, 0.6) is 0 Å². The van der Waals surface area contributed by atoms with Gasteiger partial charge in [-0.05, 0) is 46.8 Å². The zero-order chi connectivity index (χ0) is 12.3. The molecule has 2 unspecified atom stereocenters. The van der Waals surface area contributed by atoms with Gasteiger partial charge in [-0.2, -0.15) is 0 Å². The summed E-state index contributed by atoms with van der Waals surface area (Å²) in [5.41, 5.74) is 7.26. The van der Waals surface area contributed by atoms with E-state index in [1.54, 1.807) is 0 Å². The van der Waals surface area contributed by atoms with Crippen LogP contribution >= 0.6 is 15.9 Å². The average Bonchev–Trinajstić information content (AvgIpc) is 2.32. The molecule has 94 valence electrons. The topological polar surface area (TPSA) is 38.0 Å². The number of hydrogen-bond acceptors (Lipinski definition) is 2. The van der Waals surface area contributed by atoms with E-state index in [1.165, 1.54) is 25.7 Å². The first-order valence-electron chi connectivity index (χ1n) is 6.38. The van der Waals surface area contributed by atoms with Gasteiger partial charge in [-0.3, -0.25) is 0 Å². The van der Waals surface area contributed by atoms with Crippen molar-refractivity contribution in [2.75, 3.05) is 11.9 Å². The fourth-order valence-corrected chi connectivity index (χ4v) is 3.24. The van der Waals surface area contributed by atoms with Gasteiger partial charge >= 0.3 is 0 Å². The Morgan fingerprint density at radius 3 is 2.88 bits per heavy atom. The van der Waals surface area contributed by atoms with Crippen LogP contribution in [0.25, 0.3) is 0 Å². The largest absolute Gasteiger partial charge is 0.377 e. The first-order valence-corrected chi connectivity index (χ1v) is 7.17. The van der Waals surface area contributed by atoms with Crippen LogP contribution in [-0.2, 0) is 0 Å². The highest BCUT2D eigenvalue weighted by Crippen LogP contribution is 2.36. The van der Waals surface area contributed by atoms with Crippen LogP contribution in [0.4, 0.5) is 5.69 Å². The number of para-hydroxylation sites is 1. The van der Waals surface area contributed by atoms with Crippen molar-refractivity contribution in [2.24, 2.45) is 11.7 Å². The van der Waals surface area contributed by atoms with Gasteiger partial charge in [0.05, 0.1) is 0 Å². The Labute approximate surface area is 112 Å². The van der Waals surface area contributed by atoms with Gasteiger partial charge in [0.25, 0.3) is 0 Å². The summed E-state index contributed by atoms with van der Waals surface area (Å²) < 4.78 is 1.12. The quantitative estimate of drug-likeness (QED) is 0.891. The van der Waals surface area contributed by atoms with E-state index in [0.29, 0.717) is 6.54 Å². The molecular weight excluding hydrogens is 276 g/mol. The minimum atomic E-state index is 0.0849. The molecule has 3 heteroatoms. The molecule has 3 N–H and O–H groups in total. The van der Waals surface area contributed by atoms with Gasteiger partial charge in [0, 0.05) is 22.2 Å². The molecule has 1 aliphatic carbocycles. The van der Waals surface area contributed by atoms with E-state index in [1.807, 2.05) is 6.07 Å². The maximum absolute atomic E-state index is 6.02. The second-order valence-electron chi connectivity index (χ2n) is 5.29. The van der Waals surface area contributed by atoms with E-state index in [2.05, 4.69) is 46.4 Å². The number of anilines is 1. The second kappa shape index (κ2) is 5.40. The summed E-state index contributed by atoms with van der Waals surface area (Å²) >= 11 is 3.59. The Kier molecular flexibility index (Phi) is 4.10. The van der Waals surface area contributed by atoms with Gasteiger partial charge in [-0.15, -0.1) is 0 Å². The molecule has 0 radical (unpaired) electrons. The number of nitrogens with two attached hydrogens (primary N) is 1. The van der Waals surface area contributed by atoms with Crippen molar-refractivity contribution in [3.8, 4) is 0 Å². The standard InChI is InChI=1S/C14H21BrN2/c1-11-5-4-8-14(9-11,10-16)17-13-7-3-2-6-12(13)15/h2-3,6-7,11,17H,4-5,8-10,16H2,1H3. The van der Waals surface area contributed by atoms with Gasteiger partial charge in [-0.25, -0.2) is 0 Å². The van der Waals surface area contributed by atoms with Crippen LogP contribution in [0.2, 0.25) is 0 Å². The molecule has 0 heterocycles. The monoisotopic (exact) mass is 296 g/mol. The molecule has 0 amide bonds. The van der Waals surface area contributed by atoms with Crippen molar-refractivity contribution in [1.82, 2.24) is 0 Å². The van der Waals surface area contributed by atoms with Crippen LogP contribution in [0, 0.1) is 5.92 Å². The third-order valence-electron chi connectivity index (χ3n) is 3.76. The molecule has 2 nitrogen and oxygen atoms in total. The Bertz CT molecular complexity index is 380. The number of halogens is 1. The molecule has 0 aliphatic heterocycles. The number of benzene rings is 1. The summed E-state index contributed by atoms with van der Waals surface area (Å²) in [6.07, 6.45) is 4.95. The molecule has 2 atom stereocenters. The van der Waals surface area contributed by atoms with E-state index in [0.717, 1.165) is 16.1 Å². The average molecular weight is 297 g/mol. The van der Waals surface area contributed by atoms with Gasteiger partial charge < -0.3 is 11.1 Å². The number of hydrogen-bond donors (Lipinski definition) is 2. The Balaban J connectivity index is 2.17. The SMILES string of the molecule is CC1CCCC(CN)(Nc2ccccc2Br)C1. The van der Waals surface area contributed by atoms with E-state index < -0.39 is 0 Å². The Morgan fingerprint density at radius 2 is 2.24 bits per heavy atom. The zero-order valence-corrected chi connectivity index (χ0v) is 12.0. The fourth-order valence-electron chi connectivity index (χ4n) is 2.86. The molecule has 0 spiro atoms. The molecule has 1 aliphatic rings. The Hall–Kier alpha value is -0.540. The first-order chi connectivity index (χ1) is 8.15. The summed E-state index contributed by atoms with van der Waals surface area (Å²) in [6, 6.07) is 8.27. The smallest absolute Gasteiger partial charge is 0.0498 e. The van der Waals surface area contributed by atoms with Crippen LogP contribution in [0.15, 0.2) is 28.7 Å². The van der Waals surface area contributed by atoms with Crippen LogP contribution in [0.1, 0.15) is 32.6 Å². The van der Waals surface area contributed by atoms with Gasteiger partial charge in [-0.1, -0.05) is 31.9 Å². The summed E-state index contributed by atoms with van der Waals surface area (Å²) in [5, 5.41) is 3.67. The molecule has 1 fully saturated rings. The number of rotatable bonds is 3. The minimum absolute atomic E-state index is 0.0849. The van der Waals surface area contributed by atoms with Gasteiger partial charge in [0.15, 0.2) is 0 Å². The summed E-state index contributed by atoms with van der Waals surface area (Å²) in [4.78, 5) is 0. The molecule has 1 saturated carbocycles. The van der Waals surface area contributed by atoms with Gasteiger partial charge in [0.1, 0.15) is 0 Å². The fraction of sp³-hybridized carbons (Fsp3) is 0.571. The van der Waals surface area contributed by atoms with E-state index in [4.69, 9.17) is 5.73 Å². The minimum Gasteiger partial charge on any atom is -0.377 e. The molecule has 0 aromatic heterocycles. The lowest BCUT2D eigenvalue weighted by atomic mass is 9.76. The first kappa shape index (κ1) is 12.9. The molecule has 0 saturated heterocycles. The van der Waals surface area contributed by atoms with E-state index in [-0.39, 0.29) is 5.54 Å². The summed E-state index contributed by atoms with van der Waals surface area (Å²) in [7, 11) is 0. The summed E-state index contributed by atoms with van der Waals surface area (Å²) in [6.45, 7) is 3.03. The number of nitrogens with one attached hydrogen (secondary N) is 1. The summed E-state index contributed by atoms with van der Waals surface area (Å²) in [5.74, 6) is 0.766. The third kappa shape index (κ3) is 3.02. The molecule has 17 heavy (non-hydrogen) atoms. The maximum Gasteiger partial charge on any atom is 0.0498 e.